The van der Waals surface area contributed by atoms with Crippen LogP contribution in [0.3, 0.4) is 0 Å². The summed E-state index contributed by atoms with van der Waals surface area (Å²) < 4.78 is 15.5. The number of anilines is 2. The largest absolute Gasteiger partial charge is 0.461 e. The van der Waals surface area contributed by atoms with E-state index in [1.54, 1.807) is 27.7 Å². The molecule has 8 nitrogen and oxygen atoms in total. The molecule has 1 atom stereocenters. The van der Waals surface area contributed by atoms with E-state index >= 15 is 0 Å². The summed E-state index contributed by atoms with van der Waals surface area (Å²) >= 11 is 1.04. The van der Waals surface area contributed by atoms with Crippen molar-refractivity contribution < 1.29 is 23.8 Å². The maximum absolute atomic E-state index is 12.0. The van der Waals surface area contributed by atoms with Gasteiger partial charge in [0.2, 0.25) is 5.01 Å². The van der Waals surface area contributed by atoms with E-state index in [0.717, 1.165) is 24.4 Å². The fourth-order valence-electron chi connectivity index (χ4n) is 1.86. The van der Waals surface area contributed by atoms with E-state index in [1.807, 2.05) is 0 Å². The molecule has 0 bridgehead atoms. The first-order valence-electron chi connectivity index (χ1n) is 7.82. The highest BCUT2D eigenvalue weighted by molar-refractivity contribution is 7.18. The number of carbonyl (C=O) groups is 2. The number of aromatic nitrogens is 1. The van der Waals surface area contributed by atoms with Crippen molar-refractivity contribution in [1.82, 2.24) is 4.98 Å². The first-order valence-corrected chi connectivity index (χ1v) is 8.63. The zero-order valence-electron chi connectivity index (χ0n) is 14.3. The van der Waals surface area contributed by atoms with Gasteiger partial charge in [0.15, 0.2) is 5.82 Å². The van der Waals surface area contributed by atoms with Gasteiger partial charge < -0.3 is 19.5 Å². The molecule has 1 aliphatic rings. The Hall–Kier alpha value is -1.87. The zero-order valence-corrected chi connectivity index (χ0v) is 15.1. The smallest absolute Gasteiger partial charge is 0.412 e. The van der Waals surface area contributed by atoms with Crippen LogP contribution in [0.2, 0.25) is 0 Å². The van der Waals surface area contributed by atoms with Crippen LogP contribution in [0.15, 0.2) is 0 Å². The van der Waals surface area contributed by atoms with Crippen LogP contribution in [0.4, 0.5) is 15.6 Å². The summed E-state index contributed by atoms with van der Waals surface area (Å²) in [6.07, 6.45) is 0.480. The first kappa shape index (κ1) is 18.5. The van der Waals surface area contributed by atoms with Gasteiger partial charge in [-0.3, -0.25) is 5.32 Å². The first-order chi connectivity index (χ1) is 11.3. The van der Waals surface area contributed by atoms with E-state index in [0.29, 0.717) is 17.4 Å². The van der Waals surface area contributed by atoms with E-state index in [1.165, 1.54) is 0 Å². The van der Waals surface area contributed by atoms with Gasteiger partial charge in [-0.1, -0.05) is 11.3 Å². The van der Waals surface area contributed by atoms with E-state index in [2.05, 4.69) is 15.6 Å². The van der Waals surface area contributed by atoms with Crippen LogP contribution in [0, 0.1) is 0 Å². The van der Waals surface area contributed by atoms with Gasteiger partial charge in [0, 0.05) is 13.2 Å². The fourth-order valence-corrected chi connectivity index (χ4v) is 2.68. The summed E-state index contributed by atoms with van der Waals surface area (Å²) in [4.78, 5) is 28.0. The second kappa shape index (κ2) is 7.80. The molecule has 1 unspecified atom stereocenters. The van der Waals surface area contributed by atoms with Crippen LogP contribution >= 0.6 is 11.3 Å². The number of hydrogen-bond donors (Lipinski definition) is 2. The van der Waals surface area contributed by atoms with Crippen molar-refractivity contribution in [3.8, 4) is 0 Å². The van der Waals surface area contributed by atoms with Crippen molar-refractivity contribution in [2.45, 2.75) is 45.8 Å². The normalized spacial score (nSPS) is 16.9. The van der Waals surface area contributed by atoms with Crippen molar-refractivity contribution >= 4 is 34.2 Å². The van der Waals surface area contributed by atoms with Crippen molar-refractivity contribution in [3.05, 3.63) is 5.01 Å². The number of ether oxygens (including phenoxy) is 3. The molecule has 0 aromatic carbocycles. The Kier molecular flexibility index (Phi) is 6.00. The molecular weight excluding hydrogens is 334 g/mol. The minimum atomic E-state index is -0.619. The molecule has 134 valence electrons. The quantitative estimate of drug-likeness (QED) is 0.755. The van der Waals surface area contributed by atoms with Gasteiger partial charge >= 0.3 is 12.1 Å². The Balaban J connectivity index is 2.09. The topological polar surface area (TPSA) is 98.8 Å². The van der Waals surface area contributed by atoms with E-state index in [-0.39, 0.29) is 17.7 Å². The highest BCUT2D eigenvalue weighted by atomic mass is 32.1. The summed E-state index contributed by atoms with van der Waals surface area (Å²) in [7, 11) is 0. The molecule has 1 fully saturated rings. The molecule has 0 radical (unpaired) electrons. The highest BCUT2D eigenvalue weighted by Gasteiger charge is 2.24. The molecule has 2 heterocycles. The van der Waals surface area contributed by atoms with Crippen molar-refractivity contribution in [2.75, 3.05) is 30.4 Å². The summed E-state index contributed by atoms with van der Waals surface area (Å²) in [5, 5.41) is 6.30. The molecule has 2 N–H and O–H groups in total. The lowest BCUT2D eigenvalue weighted by Gasteiger charge is -2.26. The average molecular weight is 357 g/mol. The van der Waals surface area contributed by atoms with Crippen LogP contribution in [0.5, 0.6) is 0 Å². The summed E-state index contributed by atoms with van der Waals surface area (Å²) in [5.74, 6) is -0.118. The van der Waals surface area contributed by atoms with Gasteiger partial charge in [0.05, 0.1) is 12.7 Å². The Bertz CT molecular complexity index is 592. The number of amides is 1. The molecule has 1 aromatic heterocycles. The zero-order chi connectivity index (χ0) is 17.7. The van der Waals surface area contributed by atoms with Crippen LogP contribution in [0.25, 0.3) is 0 Å². The molecular formula is C15H23N3O5S. The minimum Gasteiger partial charge on any atom is -0.461 e. The summed E-state index contributed by atoms with van der Waals surface area (Å²) in [5.41, 5.74) is -0.619. The van der Waals surface area contributed by atoms with Gasteiger partial charge in [0.25, 0.3) is 0 Å². The fraction of sp³-hybridized carbons (Fsp3) is 0.667. The van der Waals surface area contributed by atoms with Crippen LogP contribution in [-0.2, 0) is 14.2 Å². The van der Waals surface area contributed by atoms with Crippen molar-refractivity contribution in [1.29, 1.82) is 0 Å². The van der Waals surface area contributed by atoms with Crippen LogP contribution in [0.1, 0.15) is 43.9 Å². The van der Waals surface area contributed by atoms with Gasteiger partial charge in [-0.25, -0.2) is 14.6 Å². The Morgan fingerprint density at radius 1 is 1.42 bits per heavy atom. The van der Waals surface area contributed by atoms with Gasteiger partial charge in [-0.2, -0.15) is 0 Å². The van der Waals surface area contributed by atoms with Crippen molar-refractivity contribution in [3.63, 3.8) is 0 Å². The number of nitrogens with one attached hydrogen (secondary N) is 2. The monoisotopic (exact) mass is 357 g/mol. The summed E-state index contributed by atoms with van der Waals surface area (Å²) in [6, 6.07) is 0. The minimum absolute atomic E-state index is 0.118. The lowest BCUT2D eigenvalue weighted by molar-refractivity contribution is -0.0410. The SMILES string of the molecule is CCOC(=O)c1nc(NCC2CCO2)c(NC(=O)OC(C)(C)C)s1. The van der Waals surface area contributed by atoms with Gasteiger partial charge in [-0.15, -0.1) is 0 Å². The lowest BCUT2D eigenvalue weighted by atomic mass is 10.2. The molecule has 1 aromatic rings. The highest BCUT2D eigenvalue weighted by Crippen LogP contribution is 2.30. The molecule has 1 aliphatic heterocycles. The van der Waals surface area contributed by atoms with E-state index in [9.17, 15) is 9.59 Å². The molecule has 1 amide bonds. The number of carbonyl (C=O) groups excluding carboxylic acids is 2. The third kappa shape index (κ3) is 5.34. The predicted molar refractivity (Wildman–Crippen MR) is 90.8 cm³/mol. The number of rotatable bonds is 6. The molecule has 0 aliphatic carbocycles. The van der Waals surface area contributed by atoms with E-state index < -0.39 is 17.7 Å². The maximum atomic E-state index is 12.0. The molecule has 1 saturated heterocycles. The third-order valence-corrected chi connectivity index (χ3v) is 3.93. The van der Waals surface area contributed by atoms with Crippen molar-refractivity contribution in [2.24, 2.45) is 0 Å². The Morgan fingerprint density at radius 2 is 2.12 bits per heavy atom. The van der Waals surface area contributed by atoms with E-state index in [4.69, 9.17) is 14.2 Å². The number of hydrogen-bond acceptors (Lipinski definition) is 8. The molecule has 9 heteroatoms. The lowest BCUT2D eigenvalue weighted by Crippen LogP contribution is -2.33. The standard InChI is InChI=1S/C15H23N3O5S/c1-5-21-13(19)12-17-10(16-8-9-6-7-22-9)11(24-12)18-14(20)23-15(2,3)4/h9,16H,5-8H2,1-4H3,(H,18,20). The van der Waals surface area contributed by atoms with Crippen LogP contribution in [-0.4, -0.2) is 48.5 Å². The Labute approximate surface area is 144 Å². The molecule has 24 heavy (non-hydrogen) atoms. The molecule has 0 saturated carbocycles. The second-order valence-electron chi connectivity index (χ2n) is 6.21. The number of nitrogens with zero attached hydrogens (tertiary/aromatic N) is 1. The average Bonchev–Trinajstić information content (AvgIpc) is 2.78. The van der Waals surface area contributed by atoms with Crippen LogP contribution < -0.4 is 10.6 Å². The van der Waals surface area contributed by atoms with Gasteiger partial charge in [-0.05, 0) is 34.1 Å². The number of thiazole rings is 1. The second-order valence-corrected chi connectivity index (χ2v) is 7.21. The predicted octanol–water partition coefficient (Wildman–Crippen LogP) is 2.87. The summed E-state index contributed by atoms with van der Waals surface area (Å²) in [6.45, 7) is 8.60. The molecule has 2 rings (SSSR count). The van der Waals surface area contributed by atoms with Gasteiger partial charge in [0.1, 0.15) is 10.6 Å². The maximum Gasteiger partial charge on any atom is 0.412 e. The number of esters is 1. The Morgan fingerprint density at radius 3 is 2.67 bits per heavy atom. The molecule has 0 spiro atoms. The third-order valence-electron chi connectivity index (χ3n) is 2.98.